The van der Waals surface area contributed by atoms with Crippen molar-refractivity contribution in [1.29, 1.82) is 5.26 Å². The summed E-state index contributed by atoms with van der Waals surface area (Å²) < 4.78 is 37.0. The van der Waals surface area contributed by atoms with E-state index >= 15 is 0 Å². The van der Waals surface area contributed by atoms with Gasteiger partial charge >= 0.3 is 6.18 Å². The molecule has 0 heterocycles. The Labute approximate surface area is 114 Å². The standard InChI is InChI=1S/C11H8Br2F3N/c12-10(13,7-17)6-5-8-3-1-2-4-9(8)11(14,15)16/h1-4H,5-6H2. The van der Waals surface area contributed by atoms with Gasteiger partial charge in [0.2, 0.25) is 0 Å². The topological polar surface area (TPSA) is 23.8 Å². The molecule has 6 heteroatoms. The molecule has 0 fully saturated rings. The van der Waals surface area contributed by atoms with Gasteiger partial charge in [-0.15, -0.1) is 0 Å². The molecular formula is C11H8Br2F3N. The molecule has 0 saturated heterocycles. The molecule has 0 saturated carbocycles. The number of nitrogens with zero attached hydrogens (tertiary/aromatic N) is 1. The van der Waals surface area contributed by atoms with E-state index in [9.17, 15) is 13.2 Å². The number of alkyl halides is 5. The molecule has 0 aliphatic carbocycles. The summed E-state index contributed by atoms with van der Waals surface area (Å²) in [6.45, 7) is 0. The van der Waals surface area contributed by atoms with Crippen LogP contribution in [0.4, 0.5) is 13.2 Å². The highest BCUT2D eigenvalue weighted by molar-refractivity contribution is 9.25. The molecule has 0 radical (unpaired) electrons. The Morgan fingerprint density at radius 2 is 1.76 bits per heavy atom. The van der Waals surface area contributed by atoms with Gasteiger partial charge < -0.3 is 0 Å². The van der Waals surface area contributed by atoms with Crippen LogP contribution in [0, 0.1) is 11.3 Å². The maximum Gasteiger partial charge on any atom is 0.416 e. The van der Waals surface area contributed by atoms with Gasteiger partial charge in [0.15, 0.2) is 3.23 Å². The predicted octanol–water partition coefficient (Wildman–Crippen LogP) is 4.65. The first-order valence-electron chi connectivity index (χ1n) is 4.70. The molecule has 0 aliphatic rings. The van der Waals surface area contributed by atoms with Crippen molar-refractivity contribution in [3.8, 4) is 6.07 Å². The fraction of sp³-hybridized carbons (Fsp3) is 0.364. The second-order valence-corrected chi connectivity index (χ2v) is 7.24. The van der Waals surface area contributed by atoms with E-state index in [1.54, 1.807) is 6.07 Å². The van der Waals surface area contributed by atoms with Crippen molar-refractivity contribution in [3.63, 3.8) is 0 Å². The van der Waals surface area contributed by atoms with Gasteiger partial charge in [-0.05, 0) is 24.5 Å². The van der Waals surface area contributed by atoms with Crippen LogP contribution < -0.4 is 0 Å². The predicted molar refractivity (Wildman–Crippen MR) is 66.0 cm³/mol. The average Bonchev–Trinajstić information content (AvgIpc) is 2.26. The molecule has 0 N–H and O–H groups in total. The molecule has 1 aromatic rings. The van der Waals surface area contributed by atoms with E-state index < -0.39 is 15.0 Å². The van der Waals surface area contributed by atoms with Crippen LogP contribution in [0.5, 0.6) is 0 Å². The zero-order valence-corrected chi connectivity index (χ0v) is 11.7. The Bertz CT molecular complexity index is 435. The molecule has 1 rings (SSSR count). The van der Waals surface area contributed by atoms with E-state index in [-0.39, 0.29) is 18.4 Å². The number of nitriles is 1. The van der Waals surface area contributed by atoms with Crippen LogP contribution in [0.2, 0.25) is 0 Å². The smallest absolute Gasteiger partial charge is 0.196 e. The van der Waals surface area contributed by atoms with Crippen molar-refractivity contribution in [3.05, 3.63) is 35.4 Å². The van der Waals surface area contributed by atoms with Gasteiger partial charge in [-0.25, -0.2) is 0 Å². The molecule has 92 valence electrons. The Balaban J connectivity index is 2.90. The van der Waals surface area contributed by atoms with E-state index in [4.69, 9.17) is 5.26 Å². The van der Waals surface area contributed by atoms with Crippen molar-refractivity contribution >= 4 is 31.9 Å². The summed E-state index contributed by atoms with van der Waals surface area (Å²) in [5.74, 6) is 0. The lowest BCUT2D eigenvalue weighted by Gasteiger charge is -2.15. The fourth-order valence-electron chi connectivity index (χ4n) is 1.36. The highest BCUT2D eigenvalue weighted by Gasteiger charge is 2.33. The van der Waals surface area contributed by atoms with Gasteiger partial charge in [-0.3, -0.25) is 0 Å². The van der Waals surface area contributed by atoms with Crippen molar-refractivity contribution in [2.75, 3.05) is 0 Å². The molecular weight excluding hydrogens is 363 g/mol. The Kier molecular flexibility index (Phi) is 4.62. The number of halogens is 5. The molecule has 0 aliphatic heterocycles. The highest BCUT2D eigenvalue weighted by atomic mass is 79.9. The monoisotopic (exact) mass is 369 g/mol. The normalized spacial score (nSPS) is 12.2. The second-order valence-electron chi connectivity index (χ2n) is 3.47. The van der Waals surface area contributed by atoms with Crippen LogP contribution in [-0.4, -0.2) is 3.23 Å². The van der Waals surface area contributed by atoms with Crippen LogP contribution in [0.25, 0.3) is 0 Å². The van der Waals surface area contributed by atoms with Gasteiger partial charge in [0.1, 0.15) is 0 Å². The van der Waals surface area contributed by atoms with Crippen molar-refractivity contribution in [2.45, 2.75) is 22.3 Å². The highest BCUT2D eigenvalue weighted by Crippen LogP contribution is 2.35. The zero-order chi connectivity index (χ0) is 13.1. The van der Waals surface area contributed by atoms with E-state index in [1.165, 1.54) is 12.1 Å². The Morgan fingerprint density at radius 1 is 1.18 bits per heavy atom. The third-order valence-corrected chi connectivity index (χ3v) is 3.34. The Morgan fingerprint density at radius 3 is 2.29 bits per heavy atom. The summed E-state index contributed by atoms with van der Waals surface area (Å²) in [4.78, 5) is 0. The molecule has 0 atom stereocenters. The van der Waals surface area contributed by atoms with Gasteiger partial charge in [0.25, 0.3) is 0 Å². The van der Waals surface area contributed by atoms with Crippen LogP contribution in [0.3, 0.4) is 0 Å². The van der Waals surface area contributed by atoms with Crippen LogP contribution >= 0.6 is 31.9 Å². The van der Waals surface area contributed by atoms with Crippen molar-refractivity contribution < 1.29 is 13.2 Å². The minimum atomic E-state index is -4.36. The van der Waals surface area contributed by atoms with Crippen LogP contribution in [0.15, 0.2) is 24.3 Å². The lowest BCUT2D eigenvalue weighted by molar-refractivity contribution is -0.138. The summed E-state index contributed by atoms with van der Waals surface area (Å²) >= 11 is 6.18. The van der Waals surface area contributed by atoms with Gasteiger partial charge in [-0.2, -0.15) is 18.4 Å². The Hall–Kier alpha value is -0.540. The SMILES string of the molecule is N#CC(Br)(Br)CCc1ccccc1C(F)(F)F. The van der Waals surface area contributed by atoms with E-state index in [1.807, 2.05) is 6.07 Å². The minimum Gasteiger partial charge on any atom is -0.196 e. The summed E-state index contributed by atoms with van der Waals surface area (Å²) in [6.07, 6.45) is -3.94. The zero-order valence-electron chi connectivity index (χ0n) is 8.56. The van der Waals surface area contributed by atoms with Gasteiger partial charge in [-0.1, -0.05) is 50.1 Å². The van der Waals surface area contributed by atoms with Gasteiger partial charge in [0.05, 0.1) is 11.6 Å². The summed E-state index contributed by atoms with van der Waals surface area (Å²) in [5.41, 5.74) is -0.452. The lowest BCUT2D eigenvalue weighted by Crippen LogP contribution is -2.13. The third kappa shape index (κ3) is 4.32. The number of aryl methyl sites for hydroxylation is 1. The summed E-state index contributed by atoms with van der Waals surface area (Å²) in [6, 6.07) is 7.31. The molecule has 0 spiro atoms. The minimum absolute atomic E-state index is 0.166. The summed E-state index contributed by atoms with van der Waals surface area (Å²) in [7, 11) is 0. The fourth-order valence-corrected chi connectivity index (χ4v) is 1.76. The third-order valence-electron chi connectivity index (χ3n) is 2.19. The molecule has 0 unspecified atom stereocenters. The number of benzene rings is 1. The van der Waals surface area contributed by atoms with E-state index in [0.717, 1.165) is 6.07 Å². The lowest BCUT2D eigenvalue weighted by atomic mass is 10.0. The molecule has 1 nitrogen and oxygen atoms in total. The first-order valence-corrected chi connectivity index (χ1v) is 6.29. The number of hydrogen-bond acceptors (Lipinski definition) is 1. The largest absolute Gasteiger partial charge is 0.416 e. The molecule has 0 amide bonds. The molecule has 1 aromatic carbocycles. The first-order chi connectivity index (χ1) is 7.76. The van der Waals surface area contributed by atoms with Crippen LogP contribution in [0.1, 0.15) is 17.5 Å². The number of rotatable bonds is 3. The summed E-state index contributed by atoms with van der Waals surface area (Å²) in [5, 5.41) is 8.74. The van der Waals surface area contributed by atoms with E-state index in [0.29, 0.717) is 0 Å². The second kappa shape index (κ2) is 5.40. The van der Waals surface area contributed by atoms with Crippen LogP contribution in [-0.2, 0) is 12.6 Å². The quantitative estimate of drug-likeness (QED) is 0.710. The number of hydrogen-bond donors (Lipinski definition) is 0. The van der Waals surface area contributed by atoms with E-state index in [2.05, 4.69) is 31.9 Å². The molecule has 17 heavy (non-hydrogen) atoms. The molecule has 0 aromatic heterocycles. The maximum atomic E-state index is 12.7. The van der Waals surface area contributed by atoms with Crippen molar-refractivity contribution in [2.24, 2.45) is 0 Å². The first kappa shape index (κ1) is 14.5. The van der Waals surface area contributed by atoms with Gasteiger partial charge in [0, 0.05) is 0 Å². The molecule has 0 bridgehead atoms. The maximum absolute atomic E-state index is 12.7. The van der Waals surface area contributed by atoms with Crippen molar-refractivity contribution in [1.82, 2.24) is 0 Å². The average molecular weight is 371 g/mol.